The van der Waals surface area contributed by atoms with E-state index in [-0.39, 0.29) is 6.42 Å². The minimum absolute atomic E-state index is 0.241. The summed E-state index contributed by atoms with van der Waals surface area (Å²) in [5.41, 5.74) is 0.350. The summed E-state index contributed by atoms with van der Waals surface area (Å²) < 4.78 is 9.44. The summed E-state index contributed by atoms with van der Waals surface area (Å²) in [4.78, 5) is 21.9. The van der Waals surface area contributed by atoms with Crippen molar-refractivity contribution in [1.29, 1.82) is 0 Å². The van der Waals surface area contributed by atoms with E-state index < -0.39 is 24.1 Å². The van der Waals surface area contributed by atoms with E-state index in [1.54, 1.807) is 0 Å². The summed E-state index contributed by atoms with van der Waals surface area (Å²) in [5, 5.41) is 9.47. The largest absolute Gasteiger partial charge is 0.466 e. The molecule has 0 heterocycles. The van der Waals surface area contributed by atoms with Crippen LogP contribution in [0.2, 0.25) is 0 Å². The lowest BCUT2D eigenvalue weighted by atomic mass is 9.95. The van der Waals surface area contributed by atoms with Crippen LogP contribution in [-0.4, -0.2) is 36.4 Å². The monoisotopic (exact) mass is 214 g/mol. The number of carbonyl (C=O) groups is 2. The normalized spacial score (nSPS) is 25.4. The van der Waals surface area contributed by atoms with Crippen molar-refractivity contribution in [2.24, 2.45) is 0 Å². The summed E-state index contributed by atoms with van der Waals surface area (Å²) in [5.74, 6) is -0.930. The maximum absolute atomic E-state index is 11.2. The van der Waals surface area contributed by atoms with E-state index in [0.29, 0.717) is 12.0 Å². The van der Waals surface area contributed by atoms with Crippen molar-refractivity contribution < 1.29 is 24.2 Å². The molecule has 1 rings (SSSR count). The first kappa shape index (κ1) is 11.7. The second-order valence-corrected chi connectivity index (χ2v) is 3.43. The Kier molecular flexibility index (Phi) is 3.85. The summed E-state index contributed by atoms with van der Waals surface area (Å²) in [6.45, 7) is 1.28. The van der Waals surface area contributed by atoms with Gasteiger partial charge in [-0.25, -0.2) is 4.79 Å². The van der Waals surface area contributed by atoms with E-state index in [1.807, 2.05) is 0 Å². The van der Waals surface area contributed by atoms with Crippen molar-refractivity contribution in [3.8, 4) is 0 Å². The number of carbonyl (C=O) groups excluding carboxylic acids is 2. The molecular formula is C10H14O5. The van der Waals surface area contributed by atoms with Gasteiger partial charge in [-0.05, 0) is 6.08 Å². The maximum atomic E-state index is 11.2. The average molecular weight is 214 g/mol. The Bertz CT molecular complexity index is 294. The van der Waals surface area contributed by atoms with E-state index in [4.69, 9.17) is 4.74 Å². The Labute approximate surface area is 87.7 Å². The third-order valence-electron chi connectivity index (χ3n) is 2.11. The van der Waals surface area contributed by atoms with Gasteiger partial charge in [-0.2, -0.15) is 0 Å². The minimum Gasteiger partial charge on any atom is -0.466 e. The molecule has 0 aromatic heterocycles. The Morgan fingerprint density at radius 2 is 2.20 bits per heavy atom. The van der Waals surface area contributed by atoms with Crippen LogP contribution in [-0.2, 0) is 19.1 Å². The van der Waals surface area contributed by atoms with Crippen LogP contribution in [0, 0.1) is 0 Å². The first-order valence-corrected chi connectivity index (χ1v) is 4.67. The SMILES string of the molecule is COC(=O)C1=C[C@@H](OC(C)=O)C[C@H](O)C1. The van der Waals surface area contributed by atoms with Crippen molar-refractivity contribution >= 4 is 11.9 Å². The molecule has 0 bridgehead atoms. The van der Waals surface area contributed by atoms with E-state index >= 15 is 0 Å². The number of ether oxygens (including phenoxy) is 2. The smallest absolute Gasteiger partial charge is 0.333 e. The van der Waals surface area contributed by atoms with Gasteiger partial charge in [0.05, 0.1) is 13.2 Å². The molecule has 1 N–H and O–H groups in total. The zero-order valence-electron chi connectivity index (χ0n) is 8.73. The van der Waals surface area contributed by atoms with Gasteiger partial charge in [0.1, 0.15) is 6.10 Å². The van der Waals surface area contributed by atoms with Crippen LogP contribution < -0.4 is 0 Å². The second kappa shape index (κ2) is 4.93. The fourth-order valence-electron chi connectivity index (χ4n) is 1.54. The molecular weight excluding hydrogens is 200 g/mol. The fourth-order valence-corrected chi connectivity index (χ4v) is 1.54. The van der Waals surface area contributed by atoms with Crippen LogP contribution in [0.1, 0.15) is 19.8 Å². The molecule has 5 nitrogen and oxygen atoms in total. The number of hydrogen-bond acceptors (Lipinski definition) is 5. The van der Waals surface area contributed by atoms with Crippen LogP contribution in [0.25, 0.3) is 0 Å². The highest BCUT2D eigenvalue weighted by atomic mass is 16.5. The third kappa shape index (κ3) is 3.36. The molecule has 1 aliphatic carbocycles. The lowest BCUT2D eigenvalue weighted by molar-refractivity contribution is -0.146. The van der Waals surface area contributed by atoms with Gasteiger partial charge in [0.15, 0.2) is 0 Å². The van der Waals surface area contributed by atoms with Crippen molar-refractivity contribution in [2.45, 2.75) is 32.0 Å². The third-order valence-corrected chi connectivity index (χ3v) is 2.11. The standard InChI is InChI=1S/C10H14O5/c1-6(11)15-9-4-7(10(13)14-2)3-8(12)5-9/h4,8-9,12H,3,5H2,1-2H3/t8-,9-/m1/s1. The Morgan fingerprint density at radius 3 is 2.73 bits per heavy atom. The molecule has 0 spiro atoms. The van der Waals surface area contributed by atoms with Gasteiger partial charge >= 0.3 is 11.9 Å². The maximum Gasteiger partial charge on any atom is 0.333 e. The number of aliphatic hydroxyl groups is 1. The van der Waals surface area contributed by atoms with Crippen molar-refractivity contribution in [3.63, 3.8) is 0 Å². The first-order valence-electron chi connectivity index (χ1n) is 4.67. The topological polar surface area (TPSA) is 72.8 Å². The molecule has 0 unspecified atom stereocenters. The van der Waals surface area contributed by atoms with Crippen molar-refractivity contribution in [1.82, 2.24) is 0 Å². The van der Waals surface area contributed by atoms with Gasteiger partial charge < -0.3 is 14.6 Å². The Hall–Kier alpha value is -1.36. The van der Waals surface area contributed by atoms with Crippen LogP contribution in [0.5, 0.6) is 0 Å². The molecule has 0 aliphatic heterocycles. The van der Waals surface area contributed by atoms with Crippen LogP contribution in [0.4, 0.5) is 0 Å². The van der Waals surface area contributed by atoms with Gasteiger partial charge in [-0.15, -0.1) is 0 Å². The molecule has 84 valence electrons. The Morgan fingerprint density at radius 1 is 1.53 bits per heavy atom. The van der Waals surface area contributed by atoms with Crippen LogP contribution >= 0.6 is 0 Å². The number of methoxy groups -OCH3 is 1. The number of hydrogen-bond donors (Lipinski definition) is 1. The molecule has 0 saturated heterocycles. The molecule has 0 aromatic rings. The molecule has 0 fully saturated rings. The van der Waals surface area contributed by atoms with Crippen molar-refractivity contribution in [2.75, 3.05) is 7.11 Å². The molecule has 2 atom stereocenters. The van der Waals surface area contributed by atoms with Gasteiger partial charge in [0.25, 0.3) is 0 Å². The number of esters is 2. The minimum atomic E-state index is -0.673. The lowest BCUT2D eigenvalue weighted by Gasteiger charge is -2.23. The number of aliphatic hydroxyl groups excluding tert-OH is 1. The van der Waals surface area contributed by atoms with Crippen LogP contribution in [0.3, 0.4) is 0 Å². The summed E-state index contributed by atoms with van der Waals surface area (Å²) >= 11 is 0. The molecule has 0 aromatic carbocycles. The van der Waals surface area contributed by atoms with Gasteiger partial charge in [-0.3, -0.25) is 4.79 Å². The van der Waals surface area contributed by atoms with Gasteiger partial charge in [-0.1, -0.05) is 0 Å². The summed E-state index contributed by atoms with van der Waals surface area (Å²) in [6, 6.07) is 0. The molecule has 5 heteroatoms. The predicted molar refractivity (Wildman–Crippen MR) is 50.9 cm³/mol. The molecule has 1 aliphatic rings. The van der Waals surface area contributed by atoms with Gasteiger partial charge in [0, 0.05) is 25.3 Å². The Balaban J connectivity index is 2.74. The van der Waals surface area contributed by atoms with Crippen LogP contribution in [0.15, 0.2) is 11.6 Å². The highest BCUT2D eigenvalue weighted by Crippen LogP contribution is 2.21. The van der Waals surface area contributed by atoms with E-state index in [1.165, 1.54) is 20.1 Å². The highest BCUT2D eigenvalue weighted by molar-refractivity contribution is 5.88. The summed E-state index contributed by atoms with van der Waals surface area (Å²) in [6.07, 6.45) is 0.874. The van der Waals surface area contributed by atoms with E-state index in [2.05, 4.69) is 4.74 Å². The molecule has 0 radical (unpaired) electrons. The first-order chi connectivity index (χ1) is 7.02. The highest BCUT2D eigenvalue weighted by Gasteiger charge is 2.26. The number of rotatable bonds is 2. The molecule has 15 heavy (non-hydrogen) atoms. The van der Waals surface area contributed by atoms with Gasteiger partial charge in [0.2, 0.25) is 0 Å². The predicted octanol–water partition coefficient (Wildman–Crippen LogP) is 0.172. The quantitative estimate of drug-likeness (QED) is 0.663. The molecule has 0 amide bonds. The molecule has 0 saturated carbocycles. The average Bonchev–Trinajstić information content (AvgIpc) is 2.14. The fraction of sp³-hybridized carbons (Fsp3) is 0.600. The van der Waals surface area contributed by atoms with Crippen molar-refractivity contribution in [3.05, 3.63) is 11.6 Å². The zero-order valence-corrected chi connectivity index (χ0v) is 8.73. The zero-order chi connectivity index (χ0) is 11.4. The lowest BCUT2D eigenvalue weighted by Crippen LogP contribution is -2.28. The summed E-state index contributed by atoms with van der Waals surface area (Å²) in [7, 11) is 1.27. The van der Waals surface area contributed by atoms with E-state index in [9.17, 15) is 14.7 Å². The van der Waals surface area contributed by atoms with E-state index in [0.717, 1.165) is 0 Å². The second-order valence-electron chi connectivity index (χ2n) is 3.43.